The number of pyridine rings is 2. The first kappa shape index (κ1) is 20.8. The van der Waals surface area contributed by atoms with Crippen molar-refractivity contribution in [2.75, 3.05) is 4.72 Å². The van der Waals surface area contributed by atoms with E-state index in [1.807, 2.05) is 24.3 Å². The number of aromatic nitrogens is 2. The standard InChI is InChI=1S/C22H23ClN4O2S/c1-22(2,3)15-6-8-16(9-7-15)30(28,29)27-18-11-10-17(23)20(25-18)21-19(26-21)14-5-4-12-24-13-14/h4-13,19,21,26H,1-3H3,(H,25,27). The summed E-state index contributed by atoms with van der Waals surface area (Å²) in [6, 6.07) is 13.9. The highest BCUT2D eigenvalue weighted by atomic mass is 35.5. The Hall–Kier alpha value is -2.48. The van der Waals surface area contributed by atoms with Gasteiger partial charge in [-0.05, 0) is 46.9 Å². The van der Waals surface area contributed by atoms with E-state index in [4.69, 9.17) is 11.6 Å². The molecule has 2 atom stereocenters. The van der Waals surface area contributed by atoms with Gasteiger partial charge in [0.25, 0.3) is 10.0 Å². The maximum Gasteiger partial charge on any atom is 0.263 e. The average Bonchev–Trinajstić information content (AvgIpc) is 3.50. The molecule has 0 radical (unpaired) electrons. The molecule has 156 valence electrons. The molecule has 3 aromatic rings. The van der Waals surface area contributed by atoms with E-state index >= 15 is 0 Å². The molecule has 0 amide bonds. The first-order chi connectivity index (χ1) is 14.1. The van der Waals surface area contributed by atoms with E-state index in [1.165, 1.54) is 0 Å². The van der Waals surface area contributed by atoms with Gasteiger partial charge >= 0.3 is 0 Å². The lowest BCUT2D eigenvalue weighted by atomic mass is 9.87. The van der Waals surface area contributed by atoms with E-state index < -0.39 is 10.0 Å². The lowest BCUT2D eigenvalue weighted by molar-refractivity contribution is 0.587. The van der Waals surface area contributed by atoms with E-state index in [2.05, 4.69) is 40.8 Å². The summed E-state index contributed by atoms with van der Waals surface area (Å²) in [5, 5.41) is 3.80. The summed E-state index contributed by atoms with van der Waals surface area (Å²) in [4.78, 5) is 8.79. The largest absolute Gasteiger partial charge is 0.298 e. The van der Waals surface area contributed by atoms with E-state index in [0.717, 1.165) is 11.1 Å². The summed E-state index contributed by atoms with van der Waals surface area (Å²) >= 11 is 6.34. The zero-order valence-corrected chi connectivity index (χ0v) is 18.5. The van der Waals surface area contributed by atoms with Crippen molar-refractivity contribution in [3.8, 4) is 0 Å². The predicted octanol–water partition coefficient (Wildman–Crippen LogP) is 4.61. The van der Waals surface area contributed by atoms with Gasteiger partial charge in [0.1, 0.15) is 5.82 Å². The first-order valence-electron chi connectivity index (χ1n) is 9.61. The van der Waals surface area contributed by atoms with Crippen LogP contribution >= 0.6 is 11.6 Å². The number of benzene rings is 1. The van der Waals surface area contributed by atoms with Crippen LogP contribution in [-0.4, -0.2) is 18.4 Å². The second-order valence-corrected chi connectivity index (χ2v) is 10.4. The van der Waals surface area contributed by atoms with Crippen molar-refractivity contribution in [2.45, 2.75) is 43.2 Å². The molecule has 8 heteroatoms. The van der Waals surface area contributed by atoms with Gasteiger partial charge in [-0.1, -0.05) is 50.6 Å². The number of nitrogens with one attached hydrogen (secondary N) is 2. The number of hydrogen-bond donors (Lipinski definition) is 2. The van der Waals surface area contributed by atoms with Gasteiger partial charge in [-0.15, -0.1) is 0 Å². The molecule has 2 aromatic heterocycles. The van der Waals surface area contributed by atoms with Crippen LogP contribution in [0.3, 0.4) is 0 Å². The van der Waals surface area contributed by atoms with Crippen molar-refractivity contribution >= 4 is 27.4 Å². The molecule has 6 nitrogen and oxygen atoms in total. The minimum absolute atomic E-state index is 0.0512. The molecule has 0 bridgehead atoms. The van der Waals surface area contributed by atoms with E-state index in [0.29, 0.717) is 10.7 Å². The average molecular weight is 443 g/mol. The van der Waals surface area contributed by atoms with E-state index in [1.54, 1.807) is 36.7 Å². The molecular weight excluding hydrogens is 420 g/mol. The molecule has 2 unspecified atom stereocenters. The van der Waals surface area contributed by atoms with Gasteiger partial charge in [0.05, 0.1) is 27.7 Å². The van der Waals surface area contributed by atoms with Crippen LogP contribution in [0, 0.1) is 0 Å². The Kier molecular flexibility index (Phi) is 5.30. The second kappa shape index (κ2) is 7.65. The SMILES string of the molecule is CC(C)(C)c1ccc(S(=O)(=O)Nc2ccc(Cl)c(C3NC3c3cccnc3)n2)cc1. The molecule has 0 spiro atoms. The quantitative estimate of drug-likeness (QED) is 0.562. The fraction of sp³-hybridized carbons (Fsp3) is 0.273. The first-order valence-corrected chi connectivity index (χ1v) is 11.5. The van der Waals surface area contributed by atoms with Crippen LogP contribution < -0.4 is 10.0 Å². The fourth-order valence-electron chi connectivity index (χ4n) is 3.29. The molecule has 1 saturated heterocycles. The van der Waals surface area contributed by atoms with Crippen molar-refractivity contribution in [2.24, 2.45) is 0 Å². The van der Waals surface area contributed by atoms with Crippen LogP contribution in [0.25, 0.3) is 0 Å². The fourth-order valence-corrected chi connectivity index (χ4v) is 4.51. The number of anilines is 1. The number of rotatable bonds is 5. The van der Waals surface area contributed by atoms with Crippen molar-refractivity contribution in [3.05, 3.63) is 82.8 Å². The van der Waals surface area contributed by atoms with Crippen molar-refractivity contribution < 1.29 is 8.42 Å². The minimum Gasteiger partial charge on any atom is -0.298 e. The van der Waals surface area contributed by atoms with Crippen LogP contribution in [0.15, 0.2) is 65.8 Å². The Balaban J connectivity index is 1.55. The van der Waals surface area contributed by atoms with Gasteiger partial charge in [0.2, 0.25) is 0 Å². The molecule has 30 heavy (non-hydrogen) atoms. The number of sulfonamides is 1. The lowest BCUT2D eigenvalue weighted by Gasteiger charge is -2.19. The van der Waals surface area contributed by atoms with E-state index in [-0.39, 0.29) is 28.2 Å². The molecule has 3 heterocycles. The highest BCUT2D eigenvalue weighted by Gasteiger charge is 2.41. The second-order valence-electron chi connectivity index (χ2n) is 8.35. The smallest absolute Gasteiger partial charge is 0.263 e. The Labute approximate surface area is 181 Å². The minimum atomic E-state index is -3.76. The molecule has 1 aromatic carbocycles. The lowest BCUT2D eigenvalue weighted by Crippen LogP contribution is -2.16. The third-order valence-corrected chi connectivity index (χ3v) is 6.75. The third kappa shape index (κ3) is 4.33. The maximum absolute atomic E-state index is 12.8. The summed E-state index contributed by atoms with van der Waals surface area (Å²) in [7, 11) is -3.76. The topological polar surface area (TPSA) is 93.9 Å². The van der Waals surface area contributed by atoms with Gasteiger partial charge in [0.15, 0.2) is 0 Å². The van der Waals surface area contributed by atoms with Crippen molar-refractivity contribution in [1.29, 1.82) is 0 Å². The molecule has 4 rings (SSSR count). The summed E-state index contributed by atoms with van der Waals surface area (Å²) in [6.07, 6.45) is 3.51. The van der Waals surface area contributed by atoms with Gasteiger partial charge in [-0.3, -0.25) is 15.0 Å². The highest BCUT2D eigenvalue weighted by molar-refractivity contribution is 7.92. The van der Waals surface area contributed by atoms with Crippen molar-refractivity contribution in [1.82, 2.24) is 15.3 Å². The Bertz CT molecular complexity index is 1160. The number of hydrogen-bond acceptors (Lipinski definition) is 5. The highest BCUT2D eigenvalue weighted by Crippen LogP contribution is 2.44. The Morgan fingerprint density at radius 1 is 1.03 bits per heavy atom. The molecule has 1 aliphatic heterocycles. The zero-order chi connectivity index (χ0) is 21.5. The van der Waals surface area contributed by atoms with E-state index in [9.17, 15) is 8.42 Å². The van der Waals surface area contributed by atoms with Crippen LogP contribution in [0.1, 0.15) is 49.7 Å². The summed E-state index contributed by atoms with van der Waals surface area (Å²) < 4.78 is 28.2. The van der Waals surface area contributed by atoms with Crippen LogP contribution in [0.5, 0.6) is 0 Å². The molecule has 1 fully saturated rings. The van der Waals surface area contributed by atoms with Crippen LogP contribution in [0.2, 0.25) is 5.02 Å². The summed E-state index contributed by atoms with van der Waals surface area (Å²) in [5.74, 6) is 0.230. The normalized spacial score (nSPS) is 18.8. The van der Waals surface area contributed by atoms with Crippen molar-refractivity contribution in [3.63, 3.8) is 0 Å². The third-order valence-electron chi connectivity index (χ3n) is 5.06. The summed E-state index contributed by atoms with van der Waals surface area (Å²) in [6.45, 7) is 6.25. The molecule has 0 saturated carbocycles. The van der Waals surface area contributed by atoms with Crippen LogP contribution in [-0.2, 0) is 15.4 Å². The molecule has 0 aliphatic carbocycles. The summed E-state index contributed by atoms with van der Waals surface area (Å²) in [5.41, 5.74) is 2.65. The van der Waals surface area contributed by atoms with Gasteiger partial charge in [0, 0.05) is 12.4 Å². The monoisotopic (exact) mass is 442 g/mol. The Morgan fingerprint density at radius 2 is 1.77 bits per heavy atom. The number of nitrogens with zero attached hydrogens (tertiary/aromatic N) is 2. The van der Waals surface area contributed by atoms with Gasteiger partial charge < -0.3 is 0 Å². The Morgan fingerprint density at radius 3 is 2.40 bits per heavy atom. The van der Waals surface area contributed by atoms with Gasteiger partial charge in [-0.25, -0.2) is 13.4 Å². The van der Waals surface area contributed by atoms with Gasteiger partial charge in [-0.2, -0.15) is 0 Å². The maximum atomic E-state index is 12.8. The molecule has 2 N–H and O–H groups in total. The zero-order valence-electron chi connectivity index (χ0n) is 16.9. The molecular formula is C22H23ClN4O2S. The van der Waals surface area contributed by atoms with Crippen LogP contribution in [0.4, 0.5) is 5.82 Å². The molecule has 1 aliphatic rings. The number of halogens is 1. The predicted molar refractivity (Wildman–Crippen MR) is 118 cm³/mol.